The van der Waals surface area contributed by atoms with Crippen molar-refractivity contribution in [3.05, 3.63) is 41.6 Å². The summed E-state index contributed by atoms with van der Waals surface area (Å²) in [6.45, 7) is 12.0. The Bertz CT molecular complexity index is 670. The van der Waals surface area contributed by atoms with Crippen LogP contribution < -0.4 is 10.2 Å². The van der Waals surface area contributed by atoms with E-state index in [1.807, 2.05) is 12.3 Å². The van der Waals surface area contributed by atoms with E-state index < -0.39 is 0 Å². The lowest BCUT2D eigenvalue weighted by Crippen LogP contribution is -2.46. The average Bonchev–Trinajstić information content (AvgIpc) is 2.68. The second-order valence-electron chi connectivity index (χ2n) is 6.44. The van der Waals surface area contributed by atoms with Gasteiger partial charge in [-0.3, -0.25) is 0 Å². The largest absolute Gasteiger partial charge is 0.354 e. The van der Waals surface area contributed by atoms with Crippen molar-refractivity contribution in [1.29, 1.82) is 0 Å². The summed E-state index contributed by atoms with van der Waals surface area (Å²) < 4.78 is 0. The summed E-state index contributed by atoms with van der Waals surface area (Å²) in [5.74, 6) is 1.70. The molecule has 0 unspecified atom stereocenters. The van der Waals surface area contributed by atoms with Gasteiger partial charge in [-0.1, -0.05) is 39.0 Å². The molecule has 3 rings (SSSR count). The predicted molar refractivity (Wildman–Crippen MR) is 105 cm³/mol. The molecule has 1 aliphatic rings. The number of nitrogens with zero attached hydrogens (tertiary/aromatic N) is 4. The molecule has 2 aromatic rings. The van der Waals surface area contributed by atoms with Gasteiger partial charge in [-0.25, -0.2) is 4.98 Å². The van der Waals surface area contributed by atoms with Gasteiger partial charge in [0.15, 0.2) is 0 Å². The highest BCUT2D eigenvalue weighted by Gasteiger charge is 2.17. The van der Waals surface area contributed by atoms with Crippen LogP contribution in [0.3, 0.4) is 0 Å². The standard InChI is InChI=1S/C20H29N5/c1-4-16-8-7-9-17(5-2)19(16)23-20-21-11-10-18(22-20)25-14-12-24(6-3)13-15-25/h7-11H,4-6,12-15H2,1-3H3,(H,21,22,23). The first-order chi connectivity index (χ1) is 12.2. The Labute approximate surface area is 151 Å². The second-order valence-corrected chi connectivity index (χ2v) is 6.44. The van der Waals surface area contributed by atoms with Gasteiger partial charge >= 0.3 is 0 Å². The monoisotopic (exact) mass is 339 g/mol. The number of para-hydroxylation sites is 1. The molecule has 1 aromatic carbocycles. The molecule has 0 spiro atoms. The highest BCUT2D eigenvalue weighted by atomic mass is 15.3. The first-order valence-electron chi connectivity index (χ1n) is 9.43. The van der Waals surface area contributed by atoms with Crippen molar-refractivity contribution in [2.75, 3.05) is 42.9 Å². The third kappa shape index (κ3) is 4.10. The van der Waals surface area contributed by atoms with Crippen molar-refractivity contribution < 1.29 is 0 Å². The van der Waals surface area contributed by atoms with Gasteiger partial charge in [-0.2, -0.15) is 4.98 Å². The first-order valence-corrected chi connectivity index (χ1v) is 9.43. The van der Waals surface area contributed by atoms with Gasteiger partial charge in [0.2, 0.25) is 5.95 Å². The van der Waals surface area contributed by atoms with Crippen LogP contribution >= 0.6 is 0 Å². The number of anilines is 3. The highest BCUT2D eigenvalue weighted by molar-refractivity contribution is 5.64. The summed E-state index contributed by atoms with van der Waals surface area (Å²) in [5.41, 5.74) is 3.79. The molecule has 0 amide bonds. The van der Waals surface area contributed by atoms with Crippen molar-refractivity contribution in [2.45, 2.75) is 33.6 Å². The van der Waals surface area contributed by atoms with Crippen LogP contribution in [0.15, 0.2) is 30.5 Å². The highest BCUT2D eigenvalue weighted by Crippen LogP contribution is 2.26. The van der Waals surface area contributed by atoms with Crippen LogP contribution in [-0.4, -0.2) is 47.6 Å². The van der Waals surface area contributed by atoms with Crippen LogP contribution in [0.5, 0.6) is 0 Å². The number of benzene rings is 1. The van der Waals surface area contributed by atoms with Crippen molar-refractivity contribution in [2.24, 2.45) is 0 Å². The predicted octanol–water partition coefficient (Wildman–Crippen LogP) is 3.49. The van der Waals surface area contributed by atoms with Crippen LogP contribution in [0, 0.1) is 0 Å². The van der Waals surface area contributed by atoms with E-state index in [1.165, 1.54) is 16.8 Å². The number of aryl methyl sites for hydroxylation is 2. The fourth-order valence-electron chi connectivity index (χ4n) is 3.39. The SMILES string of the molecule is CCc1cccc(CC)c1Nc1nccc(N2CCN(CC)CC2)n1. The molecule has 5 nitrogen and oxygen atoms in total. The third-order valence-electron chi connectivity index (χ3n) is 5.02. The van der Waals surface area contributed by atoms with Crippen molar-refractivity contribution in [1.82, 2.24) is 14.9 Å². The van der Waals surface area contributed by atoms with Gasteiger partial charge in [0.25, 0.3) is 0 Å². The average molecular weight is 339 g/mol. The number of rotatable bonds is 6. The molecule has 1 N–H and O–H groups in total. The molecule has 2 heterocycles. The summed E-state index contributed by atoms with van der Waals surface area (Å²) in [7, 11) is 0. The molecule has 1 saturated heterocycles. The molecule has 0 radical (unpaired) electrons. The van der Waals surface area contributed by atoms with Gasteiger partial charge in [0, 0.05) is 38.1 Å². The number of piperazine rings is 1. The van der Waals surface area contributed by atoms with Gasteiger partial charge in [0.1, 0.15) is 5.82 Å². The first kappa shape index (κ1) is 17.7. The van der Waals surface area contributed by atoms with E-state index in [4.69, 9.17) is 4.98 Å². The zero-order valence-electron chi connectivity index (χ0n) is 15.6. The summed E-state index contributed by atoms with van der Waals surface area (Å²) >= 11 is 0. The van der Waals surface area contributed by atoms with Crippen LogP contribution in [0.1, 0.15) is 31.9 Å². The zero-order chi connectivity index (χ0) is 17.6. The van der Waals surface area contributed by atoms with E-state index in [-0.39, 0.29) is 0 Å². The number of hydrogen-bond donors (Lipinski definition) is 1. The molecule has 0 atom stereocenters. The number of nitrogens with one attached hydrogen (secondary N) is 1. The molecule has 5 heteroatoms. The quantitative estimate of drug-likeness (QED) is 0.873. The van der Waals surface area contributed by atoms with Crippen LogP contribution in [0.2, 0.25) is 0 Å². The second kappa shape index (κ2) is 8.30. The maximum Gasteiger partial charge on any atom is 0.229 e. The number of likely N-dealkylation sites (N-methyl/N-ethyl adjacent to an activating group) is 1. The molecule has 0 saturated carbocycles. The third-order valence-corrected chi connectivity index (χ3v) is 5.02. The van der Waals surface area contributed by atoms with Gasteiger partial charge in [-0.05, 0) is 36.6 Å². The van der Waals surface area contributed by atoms with Crippen molar-refractivity contribution in [3.63, 3.8) is 0 Å². The van der Waals surface area contributed by atoms with E-state index in [2.05, 4.69) is 59.1 Å². The Morgan fingerprint density at radius 3 is 2.24 bits per heavy atom. The van der Waals surface area contributed by atoms with E-state index >= 15 is 0 Å². The maximum atomic E-state index is 4.78. The van der Waals surface area contributed by atoms with Gasteiger partial charge in [-0.15, -0.1) is 0 Å². The molecule has 25 heavy (non-hydrogen) atoms. The van der Waals surface area contributed by atoms with E-state index in [0.29, 0.717) is 5.95 Å². The molecule has 1 aromatic heterocycles. The molecule has 1 fully saturated rings. The number of aromatic nitrogens is 2. The fraction of sp³-hybridized carbons (Fsp3) is 0.500. The minimum Gasteiger partial charge on any atom is -0.354 e. The fourth-order valence-corrected chi connectivity index (χ4v) is 3.39. The Balaban J connectivity index is 1.79. The number of hydrogen-bond acceptors (Lipinski definition) is 5. The van der Waals surface area contributed by atoms with Crippen molar-refractivity contribution in [3.8, 4) is 0 Å². The zero-order valence-corrected chi connectivity index (χ0v) is 15.6. The van der Waals surface area contributed by atoms with Crippen LogP contribution in [-0.2, 0) is 12.8 Å². The minimum atomic E-state index is 0.686. The molecule has 1 aliphatic heterocycles. The van der Waals surface area contributed by atoms with E-state index in [9.17, 15) is 0 Å². The molecular weight excluding hydrogens is 310 g/mol. The molecule has 134 valence electrons. The molecule has 0 bridgehead atoms. The minimum absolute atomic E-state index is 0.686. The van der Waals surface area contributed by atoms with Crippen molar-refractivity contribution >= 4 is 17.5 Å². The van der Waals surface area contributed by atoms with Crippen LogP contribution in [0.25, 0.3) is 0 Å². The van der Waals surface area contributed by atoms with Gasteiger partial charge < -0.3 is 15.1 Å². The van der Waals surface area contributed by atoms with E-state index in [0.717, 1.165) is 51.4 Å². The summed E-state index contributed by atoms with van der Waals surface area (Å²) in [6.07, 6.45) is 3.85. The Hall–Kier alpha value is -2.14. The smallest absolute Gasteiger partial charge is 0.229 e. The summed E-state index contributed by atoms with van der Waals surface area (Å²) in [4.78, 5) is 14.1. The normalized spacial score (nSPS) is 15.4. The summed E-state index contributed by atoms with van der Waals surface area (Å²) in [5, 5.41) is 3.48. The summed E-state index contributed by atoms with van der Waals surface area (Å²) in [6, 6.07) is 8.50. The molecular formula is C20H29N5. The Morgan fingerprint density at radius 1 is 0.960 bits per heavy atom. The lowest BCUT2D eigenvalue weighted by molar-refractivity contribution is 0.270. The van der Waals surface area contributed by atoms with Crippen LogP contribution in [0.4, 0.5) is 17.5 Å². The maximum absolute atomic E-state index is 4.78. The Kier molecular flexibility index (Phi) is 5.87. The topological polar surface area (TPSA) is 44.3 Å². The Morgan fingerprint density at radius 2 is 1.64 bits per heavy atom. The molecule has 0 aliphatic carbocycles. The lowest BCUT2D eigenvalue weighted by Gasteiger charge is -2.34. The lowest BCUT2D eigenvalue weighted by atomic mass is 10.0. The van der Waals surface area contributed by atoms with Gasteiger partial charge in [0.05, 0.1) is 0 Å². The van der Waals surface area contributed by atoms with E-state index in [1.54, 1.807) is 0 Å².